The van der Waals surface area contributed by atoms with Gasteiger partial charge < -0.3 is 9.15 Å². The molecular formula is C19H15N3O4S. The normalized spacial score (nSPS) is 10.9. The van der Waals surface area contributed by atoms with E-state index < -0.39 is 5.76 Å². The summed E-state index contributed by atoms with van der Waals surface area (Å²) in [5.41, 5.74) is 2.43. The summed E-state index contributed by atoms with van der Waals surface area (Å²) in [6, 6.07) is 12.6. The number of rotatable bonds is 5. The molecule has 0 fully saturated rings. The standard InChI is InChI=1S/C19H15N3O4S/c1-25-13-5-2-11(3-6-13)8-14-10-20-18(27-14)22-17(23)12-4-7-16-15(9-12)21-19(24)26-16/h2-7,9-10H,8H2,1H3,(H,21,24)(H,20,22,23). The molecule has 0 atom stereocenters. The quantitative estimate of drug-likeness (QED) is 0.552. The Morgan fingerprint density at radius 3 is 2.85 bits per heavy atom. The van der Waals surface area contributed by atoms with E-state index in [9.17, 15) is 9.59 Å². The number of aromatic nitrogens is 2. The Hall–Kier alpha value is -3.39. The van der Waals surface area contributed by atoms with Crippen LogP contribution in [0.5, 0.6) is 5.75 Å². The van der Waals surface area contributed by atoms with E-state index in [2.05, 4.69) is 15.3 Å². The fourth-order valence-corrected chi connectivity index (χ4v) is 3.50. The molecule has 0 saturated heterocycles. The van der Waals surface area contributed by atoms with Gasteiger partial charge in [-0.05, 0) is 35.9 Å². The molecule has 0 aliphatic rings. The lowest BCUT2D eigenvalue weighted by Crippen LogP contribution is -2.11. The maximum Gasteiger partial charge on any atom is 0.417 e. The van der Waals surface area contributed by atoms with E-state index >= 15 is 0 Å². The monoisotopic (exact) mass is 381 g/mol. The summed E-state index contributed by atoms with van der Waals surface area (Å²) >= 11 is 1.42. The molecule has 0 radical (unpaired) electrons. The van der Waals surface area contributed by atoms with E-state index in [1.165, 1.54) is 11.3 Å². The number of carbonyl (C=O) groups is 1. The Labute approximate surface area is 157 Å². The smallest absolute Gasteiger partial charge is 0.417 e. The molecule has 2 aromatic heterocycles. The third-order valence-electron chi connectivity index (χ3n) is 3.99. The number of hydrogen-bond donors (Lipinski definition) is 2. The average Bonchev–Trinajstić information content (AvgIpc) is 3.26. The summed E-state index contributed by atoms with van der Waals surface area (Å²) in [4.78, 5) is 31.5. The first-order valence-corrected chi connectivity index (χ1v) is 8.94. The van der Waals surface area contributed by atoms with Crippen molar-refractivity contribution in [2.24, 2.45) is 0 Å². The highest BCUT2D eigenvalue weighted by atomic mass is 32.1. The van der Waals surface area contributed by atoms with Crippen molar-refractivity contribution in [3.8, 4) is 5.75 Å². The summed E-state index contributed by atoms with van der Waals surface area (Å²) < 4.78 is 10.1. The number of nitrogens with one attached hydrogen (secondary N) is 2. The van der Waals surface area contributed by atoms with Crippen molar-refractivity contribution in [2.45, 2.75) is 6.42 Å². The molecule has 0 bridgehead atoms. The van der Waals surface area contributed by atoms with Crippen LogP contribution in [0.1, 0.15) is 20.8 Å². The number of anilines is 1. The van der Waals surface area contributed by atoms with Gasteiger partial charge in [0.1, 0.15) is 5.75 Å². The lowest BCUT2D eigenvalue weighted by Gasteiger charge is -2.02. The van der Waals surface area contributed by atoms with Crippen LogP contribution in [-0.4, -0.2) is 23.0 Å². The van der Waals surface area contributed by atoms with Crippen molar-refractivity contribution in [3.63, 3.8) is 0 Å². The van der Waals surface area contributed by atoms with Crippen molar-refractivity contribution in [1.29, 1.82) is 0 Å². The van der Waals surface area contributed by atoms with Crippen LogP contribution in [0.15, 0.2) is 57.9 Å². The third kappa shape index (κ3) is 3.75. The van der Waals surface area contributed by atoms with Crippen molar-refractivity contribution in [3.05, 3.63) is 75.2 Å². The van der Waals surface area contributed by atoms with Gasteiger partial charge in [0.2, 0.25) is 0 Å². The zero-order valence-electron chi connectivity index (χ0n) is 14.3. The summed E-state index contributed by atoms with van der Waals surface area (Å²) in [6.45, 7) is 0. The fraction of sp³-hybridized carbons (Fsp3) is 0.105. The number of amides is 1. The molecule has 2 heterocycles. The highest BCUT2D eigenvalue weighted by molar-refractivity contribution is 7.15. The minimum absolute atomic E-state index is 0.302. The second-order valence-corrected chi connectivity index (χ2v) is 6.95. The van der Waals surface area contributed by atoms with E-state index in [0.29, 0.717) is 21.8 Å². The van der Waals surface area contributed by atoms with Crippen LogP contribution in [0.25, 0.3) is 11.1 Å². The highest BCUT2D eigenvalue weighted by Gasteiger charge is 2.12. The van der Waals surface area contributed by atoms with Gasteiger partial charge >= 0.3 is 5.76 Å². The number of methoxy groups -OCH3 is 1. The summed E-state index contributed by atoms with van der Waals surface area (Å²) in [7, 11) is 1.63. The van der Waals surface area contributed by atoms with Crippen LogP contribution >= 0.6 is 11.3 Å². The first kappa shape index (κ1) is 17.0. The van der Waals surface area contributed by atoms with Crippen LogP contribution < -0.4 is 15.8 Å². The number of nitrogens with zero attached hydrogens (tertiary/aromatic N) is 1. The Kier molecular flexibility index (Phi) is 4.47. The van der Waals surface area contributed by atoms with Crippen molar-refractivity contribution in [1.82, 2.24) is 9.97 Å². The van der Waals surface area contributed by atoms with Gasteiger partial charge in [0.25, 0.3) is 5.91 Å². The summed E-state index contributed by atoms with van der Waals surface area (Å²) in [6.07, 6.45) is 2.47. The van der Waals surface area contributed by atoms with Gasteiger partial charge in [-0.15, -0.1) is 11.3 Å². The largest absolute Gasteiger partial charge is 0.497 e. The number of ether oxygens (including phenoxy) is 1. The second-order valence-electron chi connectivity index (χ2n) is 5.84. The molecule has 0 aliphatic heterocycles. The Morgan fingerprint density at radius 1 is 1.26 bits per heavy atom. The number of aromatic amines is 1. The topological polar surface area (TPSA) is 97.2 Å². The number of oxazole rings is 1. The van der Waals surface area contributed by atoms with Gasteiger partial charge in [0.15, 0.2) is 10.7 Å². The SMILES string of the molecule is COc1ccc(Cc2cnc(NC(=O)c3ccc4oc(=O)[nH]c4c3)s2)cc1. The first-order chi connectivity index (χ1) is 13.1. The molecule has 136 valence electrons. The predicted molar refractivity (Wildman–Crippen MR) is 103 cm³/mol. The van der Waals surface area contributed by atoms with Gasteiger partial charge in [-0.1, -0.05) is 12.1 Å². The van der Waals surface area contributed by atoms with Crippen LogP contribution in [0.3, 0.4) is 0 Å². The fourth-order valence-electron chi connectivity index (χ4n) is 2.65. The third-order valence-corrected chi connectivity index (χ3v) is 4.91. The number of H-pyrrole nitrogens is 1. The maximum absolute atomic E-state index is 12.4. The number of hydrogen-bond acceptors (Lipinski definition) is 6. The van der Waals surface area contributed by atoms with Gasteiger partial charge in [-0.3, -0.25) is 15.1 Å². The van der Waals surface area contributed by atoms with Gasteiger partial charge in [-0.2, -0.15) is 0 Å². The van der Waals surface area contributed by atoms with Crippen LogP contribution in [0.2, 0.25) is 0 Å². The maximum atomic E-state index is 12.4. The Bertz CT molecular complexity index is 1160. The highest BCUT2D eigenvalue weighted by Crippen LogP contribution is 2.23. The van der Waals surface area contributed by atoms with E-state index in [1.54, 1.807) is 31.5 Å². The van der Waals surface area contributed by atoms with Crippen molar-refractivity contribution in [2.75, 3.05) is 12.4 Å². The minimum atomic E-state index is -0.550. The van der Waals surface area contributed by atoms with Crippen LogP contribution in [-0.2, 0) is 6.42 Å². The van der Waals surface area contributed by atoms with E-state index in [1.807, 2.05) is 24.3 Å². The lowest BCUT2D eigenvalue weighted by molar-refractivity contribution is 0.102. The van der Waals surface area contributed by atoms with Crippen molar-refractivity contribution < 1.29 is 13.9 Å². The summed E-state index contributed by atoms with van der Waals surface area (Å²) in [5, 5.41) is 3.30. The predicted octanol–water partition coefficient (Wildman–Crippen LogP) is 3.43. The molecule has 27 heavy (non-hydrogen) atoms. The van der Waals surface area contributed by atoms with E-state index in [0.717, 1.165) is 22.6 Å². The van der Waals surface area contributed by atoms with Crippen molar-refractivity contribution >= 4 is 33.5 Å². The number of carbonyl (C=O) groups excluding carboxylic acids is 1. The zero-order chi connectivity index (χ0) is 18.8. The molecule has 2 aromatic carbocycles. The molecule has 8 heteroatoms. The minimum Gasteiger partial charge on any atom is -0.497 e. The van der Waals surface area contributed by atoms with E-state index in [4.69, 9.17) is 9.15 Å². The zero-order valence-corrected chi connectivity index (χ0v) is 15.1. The second kappa shape index (κ2) is 7.08. The molecule has 4 aromatic rings. The van der Waals surface area contributed by atoms with E-state index in [-0.39, 0.29) is 5.91 Å². The molecule has 7 nitrogen and oxygen atoms in total. The van der Waals surface area contributed by atoms with Gasteiger partial charge in [-0.25, -0.2) is 9.78 Å². The molecule has 0 spiro atoms. The number of thiazole rings is 1. The van der Waals surface area contributed by atoms with Crippen LogP contribution in [0.4, 0.5) is 5.13 Å². The lowest BCUT2D eigenvalue weighted by atomic mass is 10.1. The molecule has 0 aliphatic carbocycles. The Balaban J connectivity index is 1.45. The first-order valence-electron chi connectivity index (χ1n) is 8.12. The molecule has 0 saturated carbocycles. The number of benzene rings is 2. The average molecular weight is 381 g/mol. The Morgan fingerprint density at radius 2 is 2.07 bits per heavy atom. The summed E-state index contributed by atoms with van der Waals surface area (Å²) in [5.74, 6) is -0.0399. The van der Waals surface area contributed by atoms with Gasteiger partial charge in [0.05, 0.1) is 12.6 Å². The molecule has 2 N–H and O–H groups in total. The molecule has 4 rings (SSSR count). The molecule has 0 unspecified atom stereocenters. The number of fused-ring (bicyclic) bond motifs is 1. The molecular weight excluding hydrogens is 366 g/mol. The van der Waals surface area contributed by atoms with Gasteiger partial charge in [0, 0.05) is 23.1 Å². The van der Waals surface area contributed by atoms with Crippen LogP contribution in [0, 0.1) is 0 Å². The molecule has 1 amide bonds.